The van der Waals surface area contributed by atoms with Crippen molar-refractivity contribution in [2.75, 3.05) is 21.3 Å². The second kappa shape index (κ2) is 5.72. The largest absolute Gasteiger partial charge is 0.504 e. The van der Waals surface area contributed by atoms with Crippen LogP contribution in [0.3, 0.4) is 0 Å². The fraction of sp³-hybridized carbons (Fsp3) is 0.316. The molecule has 7 nitrogen and oxygen atoms in total. The standard InChI is InChI=1S/C19H18O7/c1-23-12-7-9-15(22)14-13(8-4-5-10(20)11(21)6-8)18(14)26-16(9)19(25-3)17(12)24-2/h4-7,13-14,18,20-21H,1-3H3/t13?,14?,18-/m1/s1. The maximum Gasteiger partial charge on any atom is 0.208 e. The Morgan fingerprint density at radius 3 is 2.27 bits per heavy atom. The summed E-state index contributed by atoms with van der Waals surface area (Å²) in [6, 6.07) is 6.13. The van der Waals surface area contributed by atoms with Crippen LogP contribution in [0.2, 0.25) is 0 Å². The summed E-state index contributed by atoms with van der Waals surface area (Å²) in [5.74, 6) is 0.332. The normalized spacial score (nSPS) is 22.7. The summed E-state index contributed by atoms with van der Waals surface area (Å²) >= 11 is 0. The molecule has 0 saturated heterocycles. The number of benzene rings is 2. The van der Waals surface area contributed by atoms with Gasteiger partial charge < -0.3 is 29.2 Å². The van der Waals surface area contributed by atoms with Crippen molar-refractivity contribution in [1.82, 2.24) is 0 Å². The Balaban J connectivity index is 1.76. The Hall–Kier alpha value is -3.09. The molecule has 2 N–H and O–H groups in total. The zero-order chi connectivity index (χ0) is 18.6. The molecule has 26 heavy (non-hydrogen) atoms. The molecule has 0 radical (unpaired) electrons. The highest BCUT2D eigenvalue weighted by Gasteiger charge is 2.61. The third-order valence-corrected chi connectivity index (χ3v) is 4.94. The molecule has 4 rings (SSSR count). The predicted octanol–water partition coefficient (Wildman–Crippen LogP) is 2.48. The Morgan fingerprint density at radius 2 is 1.65 bits per heavy atom. The lowest BCUT2D eigenvalue weighted by atomic mass is 10.00. The van der Waals surface area contributed by atoms with E-state index in [1.807, 2.05) is 0 Å². The Morgan fingerprint density at radius 1 is 0.923 bits per heavy atom. The highest BCUT2D eigenvalue weighted by Crippen LogP contribution is 2.60. The number of carbonyl (C=O) groups is 1. The number of ketones is 1. The number of fused-ring (bicyclic) bond motifs is 2. The molecule has 1 saturated carbocycles. The van der Waals surface area contributed by atoms with Gasteiger partial charge in [0.05, 0.1) is 32.8 Å². The molecular weight excluding hydrogens is 340 g/mol. The van der Waals surface area contributed by atoms with E-state index in [0.717, 1.165) is 5.56 Å². The van der Waals surface area contributed by atoms with E-state index in [1.165, 1.54) is 33.5 Å². The van der Waals surface area contributed by atoms with E-state index in [-0.39, 0.29) is 35.2 Å². The van der Waals surface area contributed by atoms with Gasteiger partial charge in [-0.1, -0.05) is 6.07 Å². The number of rotatable bonds is 4. The molecule has 1 heterocycles. The Labute approximate surface area is 149 Å². The van der Waals surface area contributed by atoms with Crippen LogP contribution in [0.15, 0.2) is 24.3 Å². The minimum Gasteiger partial charge on any atom is -0.504 e. The van der Waals surface area contributed by atoms with Crippen molar-refractivity contribution in [2.24, 2.45) is 5.92 Å². The zero-order valence-electron chi connectivity index (χ0n) is 14.5. The van der Waals surface area contributed by atoms with Crippen molar-refractivity contribution >= 4 is 5.78 Å². The van der Waals surface area contributed by atoms with E-state index < -0.39 is 0 Å². The molecule has 0 amide bonds. The van der Waals surface area contributed by atoms with Crippen molar-refractivity contribution < 1.29 is 34.0 Å². The molecule has 0 bridgehead atoms. The second-order valence-electron chi connectivity index (χ2n) is 6.27. The van der Waals surface area contributed by atoms with Crippen LogP contribution in [-0.4, -0.2) is 43.4 Å². The monoisotopic (exact) mass is 358 g/mol. The smallest absolute Gasteiger partial charge is 0.208 e. The Bertz CT molecular complexity index is 905. The summed E-state index contributed by atoms with van der Waals surface area (Å²) in [7, 11) is 4.44. The predicted molar refractivity (Wildman–Crippen MR) is 90.8 cm³/mol. The molecular formula is C19H18O7. The van der Waals surface area contributed by atoms with Gasteiger partial charge in [0.25, 0.3) is 0 Å². The van der Waals surface area contributed by atoms with Gasteiger partial charge in [-0.05, 0) is 23.8 Å². The average molecular weight is 358 g/mol. The number of carbonyl (C=O) groups excluding carboxylic acids is 1. The van der Waals surface area contributed by atoms with Crippen LogP contribution in [0, 0.1) is 5.92 Å². The van der Waals surface area contributed by atoms with Gasteiger partial charge in [0.15, 0.2) is 28.8 Å². The van der Waals surface area contributed by atoms with E-state index in [1.54, 1.807) is 12.1 Å². The number of hydrogen-bond donors (Lipinski definition) is 2. The molecule has 0 aromatic heterocycles. The molecule has 1 aliphatic carbocycles. The third kappa shape index (κ3) is 2.16. The molecule has 1 fully saturated rings. The van der Waals surface area contributed by atoms with Crippen LogP contribution in [0.25, 0.3) is 0 Å². The van der Waals surface area contributed by atoms with Crippen LogP contribution in [0.5, 0.6) is 34.5 Å². The zero-order valence-corrected chi connectivity index (χ0v) is 14.5. The van der Waals surface area contributed by atoms with Crippen LogP contribution in [-0.2, 0) is 0 Å². The van der Waals surface area contributed by atoms with E-state index in [9.17, 15) is 15.0 Å². The summed E-state index contributed by atoms with van der Waals surface area (Å²) in [5, 5.41) is 19.2. The summed E-state index contributed by atoms with van der Waals surface area (Å²) in [4.78, 5) is 13.0. The number of aromatic hydroxyl groups is 2. The molecule has 2 unspecified atom stereocenters. The Kier molecular flexibility index (Phi) is 3.61. The quantitative estimate of drug-likeness (QED) is 0.811. The van der Waals surface area contributed by atoms with Gasteiger partial charge in [0.2, 0.25) is 11.5 Å². The van der Waals surface area contributed by atoms with Crippen LogP contribution >= 0.6 is 0 Å². The lowest BCUT2D eigenvalue weighted by molar-refractivity contribution is 0.0915. The van der Waals surface area contributed by atoms with Gasteiger partial charge in [0, 0.05) is 5.92 Å². The molecule has 3 atom stereocenters. The first-order chi connectivity index (χ1) is 12.5. The van der Waals surface area contributed by atoms with E-state index in [0.29, 0.717) is 28.6 Å². The first-order valence-corrected chi connectivity index (χ1v) is 8.07. The first kappa shape index (κ1) is 16.4. The van der Waals surface area contributed by atoms with Gasteiger partial charge >= 0.3 is 0 Å². The van der Waals surface area contributed by atoms with Gasteiger partial charge in [-0.15, -0.1) is 0 Å². The summed E-state index contributed by atoms with van der Waals surface area (Å²) in [5.41, 5.74) is 1.11. The van der Waals surface area contributed by atoms with Crippen LogP contribution < -0.4 is 18.9 Å². The summed E-state index contributed by atoms with van der Waals surface area (Å²) in [6.45, 7) is 0. The molecule has 7 heteroatoms. The summed E-state index contributed by atoms with van der Waals surface area (Å²) < 4.78 is 22.1. The van der Waals surface area contributed by atoms with Crippen molar-refractivity contribution in [3.63, 3.8) is 0 Å². The van der Waals surface area contributed by atoms with Gasteiger partial charge in [-0.2, -0.15) is 0 Å². The molecule has 2 aromatic rings. The van der Waals surface area contributed by atoms with Crippen LogP contribution in [0.1, 0.15) is 21.8 Å². The third-order valence-electron chi connectivity index (χ3n) is 4.94. The van der Waals surface area contributed by atoms with Crippen molar-refractivity contribution in [2.45, 2.75) is 12.0 Å². The van der Waals surface area contributed by atoms with Crippen LogP contribution in [0.4, 0.5) is 0 Å². The minimum absolute atomic E-state index is 0.0759. The van der Waals surface area contributed by atoms with Crippen molar-refractivity contribution in [3.05, 3.63) is 35.4 Å². The second-order valence-corrected chi connectivity index (χ2v) is 6.27. The topological polar surface area (TPSA) is 94.5 Å². The number of hydrogen-bond acceptors (Lipinski definition) is 7. The molecule has 2 aliphatic rings. The SMILES string of the molecule is COc1cc2c(c(OC)c1OC)O[C@H]1C(C2=O)C1c1ccc(O)c(O)c1. The molecule has 2 aromatic carbocycles. The summed E-state index contributed by atoms with van der Waals surface area (Å²) in [6.07, 6.45) is -0.356. The molecule has 1 aliphatic heterocycles. The minimum atomic E-state index is -0.356. The van der Waals surface area contributed by atoms with E-state index in [2.05, 4.69) is 0 Å². The van der Waals surface area contributed by atoms with E-state index >= 15 is 0 Å². The molecule has 0 spiro atoms. The van der Waals surface area contributed by atoms with Gasteiger partial charge in [-0.3, -0.25) is 4.79 Å². The van der Waals surface area contributed by atoms with Gasteiger partial charge in [-0.25, -0.2) is 0 Å². The average Bonchev–Trinajstić information content (AvgIpc) is 3.37. The van der Waals surface area contributed by atoms with Gasteiger partial charge in [0.1, 0.15) is 6.10 Å². The van der Waals surface area contributed by atoms with Crippen molar-refractivity contribution in [1.29, 1.82) is 0 Å². The lowest BCUT2D eigenvalue weighted by Gasteiger charge is -2.21. The number of phenolic OH excluding ortho intramolecular Hbond substituents is 2. The lowest BCUT2D eigenvalue weighted by Crippen LogP contribution is -2.18. The molecule has 136 valence electrons. The fourth-order valence-corrected chi connectivity index (χ4v) is 3.63. The number of phenols is 2. The number of Topliss-reactive ketones (excluding diaryl/α,β-unsaturated/α-hetero) is 1. The maximum absolute atomic E-state index is 13.0. The number of ether oxygens (including phenoxy) is 4. The fourth-order valence-electron chi connectivity index (χ4n) is 3.63. The highest BCUT2D eigenvalue weighted by atomic mass is 16.6. The maximum atomic E-state index is 13.0. The number of methoxy groups -OCH3 is 3. The van der Waals surface area contributed by atoms with E-state index in [4.69, 9.17) is 18.9 Å². The van der Waals surface area contributed by atoms with Crippen molar-refractivity contribution in [3.8, 4) is 34.5 Å². The highest BCUT2D eigenvalue weighted by molar-refractivity contribution is 6.06. The first-order valence-electron chi connectivity index (χ1n) is 8.07.